The van der Waals surface area contributed by atoms with Crippen molar-refractivity contribution < 1.29 is 9.53 Å². The van der Waals surface area contributed by atoms with Crippen molar-refractivity contribution in [1.82, 2.24) is 15.5 Å². The lowest BCUT2D eigenvalue weighted by molar-refractivity contribution is 0.0932. The smallest absolute Gasteiger partial charge is 0.251 e. The molecule has 1 saturated heterocycles. The Morgan fingerprint density at radius 1 is 1.00 bits per heavy atom. The maximum atomic E-state index is 13.3. The highest BCUT2D eigenvalue weighted by Gasteiger charge is 2.33. The van der Waals surface area contributed by atoms with E-state index in [0.29, 0.717) is 11.5 Å². The van der Waals surface area contributed by atoms with Crippen LogP contribution in [0.25, 0.3) is 22.2 Å². The number of anilines is 1. The highest BCUT2D eigenvalue weighted by Crippen LogP contribution is 2.41. The number of carbonyl (C=O) groups is 1. The normalized spacial score (nSPS) is 17.0. The molecule has 6 nitrogen and oxygen atoms in total. The van der Waals surface area contributed by atoms with Gasteiger partial charge in [0, 0.05) is 35.3 Å². The number of nitrogens with one attached hydrogen (secondary N) is 2. The maximum absolute atomic E-state index is 13.3. The third kappa shape index (κ3) is 4.17. The third-order valence-corrected chi connectivity index (χ3v) is 6.86. The van der Waals surface area contributed by atoms with E-state index in [0.717, 1.165) is 61.3 Å². The van der Waals surface area contributed by atoms with E-state index in [1.807, 2.05) is 36.4 Å². The second-order valence-electron chi connectivity index (χ2n) is 9.18. The lowest BCUT2D eigenvalue weighted by Crippen LogP contribution is -2.36. The fourth-order valence-corrected chi connectivity index (χ4v) is 4.83. The van der Waals surface area contributed by atoms with Gasteiger partial charge >= 0.3 is 0 Å². The summed E-state index contributed by atoms with van der Waals surface area (Å²) in [5.74, 6) is 0.472. The van der Waals surface area contributed by atoms with Crippen LogP contribution in [0.3, 0.4) is 0 Å². The van der Waals surface area contributed by atoms with Crippen molar-refractivity contribution in [1.29, 1.82) is 0 Å². The molecule has 0 radical (unpaired) electrons. The van der Waals surface area contributed by atoms with Crippen molar-refractivity contribution in [3.8, 4) is 11.3 Å². The topological polar surface area (TPSA) is 70.2 Å². The molecule has 34 heavy (non-hydrogen) atoms. The Morgan fingerprint density at radius 3 is 2.62 bits per heavy atom. The minimum atomic E-state index is -0.0446. The number of fused-ring (bicyclic) bond motifs is 1. The minimum Gasteiger partial charge on any atom is -0.378 e. The first-order valence-corrected chi connectivity index (χ1v) is 12.0. The molecule has 1 saturated carbocycles. The standard InChI is InChI=1S/C28H28N4O2/c33-28(29-26(20-9-10-20)19-5-2-1-3-6-19)22-11-12-25-24(18-22)27(31-30-25)21-7-4-8-23(17-21)32-13-15-34-16-14-32/h1-8,11-12,17-18,20,26H,9-10,13-16H2,(H,29,33)(H,30,31). The van der Waals surface area contributed by atoms with Crippen LogP contribution in [0.1, 0.15) is 34.8 Å². The number of carbonyl (C=O) groups excluding carboxylic acids is 1. The van der Waals surface area contributed by atoms with E-state index in [-0.39, 0.29) is 11.9 Å². The first-order valence-electron chi connectivity index (χ1n) is 12.0. The fourth-order valence-electron chi connectivity index (χ4n) is 4.83. The zero-order chi connectivity index (χ0) is 22.9. The van der Waals surface area contributed by atoms with Crippen LogP contribution < -0.4 is 10.2 Å². The largest absolute Gasteiger partial charge is 0.378 e. The lowest BCUT2D eigenvalue weighted by Gasteiger charge is -2.29. The molecule has 0 spiro atoms. The number of rotatable bonds is 6. The summed E-state index contributed by atoms with van der Waals surface area (Å²) in [5, 5.41) is 12.0. The molecular formula is C28H28N4O2. The molecule has 2 N–H and O–H groups in total. The summed E-state index contributed by atoms with van der Waals surface area (Å²) in [6, 6.07) is 24.6. The SMILES string of the molecule is O=C(NC(c1ccccc1)C1CC1)c1ccc2[nH]nc(-c3cccc(N4CCOCC4)c3)c2c1. The third-order valence-electron chi connectivity index (χ3n) is 6.86. The Hall–Kier alpha value is -3.64. The van der Waals surface area contributed by atoms with E-state index >= 15 is 0 Å². The molecule has 3 aromatic carbocycles. The zero-order valence-corrected chi connectivity index (χ0v) is 19.0. The van der Waals surface area contributed by atoms with Gasteiger partial charge in [0.25, 0.3) is 5.91 Å². The number of nitrogens with zero attached hydrogens (tertiary/aromatic N) is 2. The van der Waals surface area contributed by atoms with Gasteiger partial charge in [0.05, 0.1) is 30.5 Å². The number of morpholine rings is 1. The summed E-state index contributed by atoms with van der Waals surface area (Å²) in [7, 11) is 0. The minimum absolute atomic E-state index is 0.0446. The lowest BCUT2D eigenvalue weighted by atomic mass is 10.0. The Kier molecular flexibility index (Phi) is 5.51. The number of hydrogen-bond donors (Lipinski definition) is 2. The van der Waals surface area contributed by atoms with Crippen molar-refractivity contribution in [3.63, 3.8) is 0 Å². The van der Waals surface area contributed by atoms with Crippen LogP contribution in [-0.2, 0) is 4.74 Å². The van der Waals surface area contributed by atoms with Gasteiger partial charge in [-0.25, -0.2) is 0 Å². The molecule has 6 heteroatoms. The first kappa shape index (κ1) is 20.9. The van der Waals surface area contributed by atoms with Crippen LogP contribution >= 0.6 is 0 Å². The molecule has 172 valence electrons. The molecule has 1 amide bonds. The van der Waals surface area contributed by atoms with Crippen LogP contribution in [0, 0.1) is 5.92 Å². The van der Waals surface area contributed by atoms with E-state index in [9.17, 15) is 4.79 Å². The van der Waals surface area contributed by atoms with Crippen LogP contribution in [0.2, 0.25) is 0 Å². The van der Waals surface area contributed by atoms with Crippen molar-refractivity contribution >= 4 is 22.5 Å². The van der Waals surface area contributed by atoms with Crippen molar-refractivity contribution in [2.75, 3.05) is 31.2 Å². The monoisotopic (exact) mass is 452 g/mol. The Labute approximate surface area is 198 Å². The summed E-state index contributed by atoms with van der Waals surface area (Å²) < 4.78 is 5.49. The average molecular weight is 453 g/mol. The molecule has 6 rings (SSSR count). The van der Waals surface area contributed by atoms with Crippen LogP contribution in [-0.4, -0.2) is 42.4 Å². The van der Waals surface area contributed by atoms with E-state index in [1.165, 1.54) is 11.3 Å². The molecule has 2 heterocycles. The van der Waals surface area contributed by atoms with E-state index < -0.39 is 0 Å². The number of aromatic nitrogens is 2. The van der Waals surface area contributed by atoms with Gasteiger partial charge in [-0.3, -0.25) is 9.89 Å². The molecule has 1 atom stereocenters. The first-order chi connectivity index (χ1) is 16.8. The Balaban J connectivity index is 1.29. The van der Waals surface area contributed by atoms with Gasteiger partial charge in [-0.15, -0.1) is 0 Å². The molecule has 2 fully saturated rings. The predicted molar refractivity (Wildman–Crippen MR) is 134 cm³/mol. The van der Waals surface area contributed by atoms with Gasteiger partial charge in [-0.2, -0.15) is 5.10 Å². The second kappa shape index (κ2) is 8.95. The van der Waals surface area contributed by atoms with Crippen molar-refractivity contribution in [3.05, 3.63) is 83.9 Å². The van der Waals surface area contributed by atoms with Gasteiger partial charge in [0.1, 0.15) is 0 Å². The fraction of sp³-hybridized carbons (Fsp3) is 0.286. The van der Waals surface area contributed by atoms with E-state index in [1.54, 1.807) is 0 Å². The van der Waals surface area contributed by atoms with Crippen molar-refractivity contribution in [2.45, 2.75) is 18.9 Å². The molecule has 4 aromatic rings. The molecule has 1 unspecified atom stereocenters. The quantitative estimate of drug-likeness (QED) is 0.434. The number of H-pyrrole nitrogens is 1. The van der Waals surface area contributed by atoms with Gasteiger partial charge < -0.3 is 15.0 Å². The van der Waals surface area contributed by atoms with Crippen LogP contribution in [0.4, 0.5) is 5.69 Å². The van der Waals surface area contributed by atoms with Crippen molar-refractivity contribution in [2.24, 2.45) is 5.92 Å². The Morgan fingerprint density at radius 2 is 1.82 bits per heavy atom. The predicted octanol–water partition coefficient (Wildman–Crippen LogP) is 4.95. The number of ether oxygens (including phenoxy) is 1. The highest BCUT2D eigenvalue weighted by molar-refractivity contribution is 6.01. The van der Waals surface area contributed by atoms with Gasteiger partial charge in [-0.05, 0) is 54.7 Å². The van der Waals surface area contributed by atoms with Crippen LogP contribution in [0.5, 0.6) is 0 Å². The molecule has 1 aromatic heterocycles. The molecule has 1 aliphatic carbocycles. The summed E-state index contributed by atoms with van der Waals surface area (Å²) in [6.45, 7) is 3.27. The molecular weight excluding hydrogens is 424 g/mol. The highest BCUT2D eigenvalue weighted by atomic mass is 16.5. The number of benzene rings is 3. The molecule has 0 bridgehead atoms. The zero-order valence-electron chi connectivity index (χ0n) is 19.0. The van der Waals surface area contributed by atoms with E-state index in [4.69, 9.17) is 4.74 Å². The number of hydrogen-bond acceptors (Lipinski definition) is 4. The maximum Gasteiger partial charge on any atom is 0.251 e. The number of aromatic amines is 1. The summed E-state index contributed by atoms with van der Waals surface area (Å²) in [5.41, 5.74) is 5.81. The molecule has 1 aliphatic heterocycles. The number of amides is 1. The molecule has 2 aliphatic rings. The van der Waals surface area contributed by atoms with Gasteiger partial charge in [-0.1, -0.05) is 42.5 Å². The second-order valence-corrected chi connectivity index (χ2v) is 9.18. The van der Waals surface area contributed by atoms with Crippen LogP contribution in [0.15, 0.2) is 72.8 Å². The van der Waals surface area contributed by atoms with Gasteiger partial charge in [0.2, 0.25) is 0 Å². The Bertz CT molecular complexity index is 1310. The summed E-state index contributed by atoms with van der Waals surface area (Å²) in [4.78, 5) is 15.6. The van der Waals surface area contributed by atoms with Gasteiger partial charge in [0.15, 0.2) is 0 Å². The summed E-state index contributed by atoms with van der Waals surface area (Å²) in [6.07, 6.45) is 2.31. The average Bonchev–Trinajstić information content (AvgIpc) is 3.66. The summed E-state index contributed by atoms with van der Waals surface area (Å²) >= 11 is 0. The van der Waals surface area contributed by atoms with E-state index in [2.05, 4.69) is 56.8 Å².